The van der Waals surface area contributed by atoms with E-state index in [1.807, 2.05) is 0 Å². The zero-order chi connectivity index (χ0) is 15.6. The van der Waals surface area contributed by atoms with Crippen LogP contribution in [0.2, 0.25) is 0 Å². The largest absolute Gasteiger partial charge is 0.480 e. The van der Waals surface area contributed by atoms with Crippen molar-refractivity contribution in [3.63, 3.8) is 0 Å². The average molecular weight is 315 g/mol. The fourth-order valence-electron chi connectivity index (χ4n) is 2.07. The molecule has 0 spiro atoms. The molecule has 1 aromatic heterocycles. The summed E-state index contributed by atoms with van der Waals surface area (Å²) in [6.45, 7) is -0.738. The van der Waals surface area contributed by atoms with Gasteiger partial charge in [-0.15, -0.1) is 0 Å². The highest BCUT2D eigenvalue weighted by molar-refractivity contribution is 7.89. The Morgan fingerprint density at radius 3 is 2.52 bits per heavy atom. The first-order valence-electron chi connectivity index (χ1n) is 5.96. The SMILES string of the molecule is O=C(O)[C@H]1CN(S(=O)(=O)c2cccnc2)CCN1C(=O)O. The van der Waals surface area contributed by atoms with Gasteiger partial charge in [-0.2, -0.15) is 4.31 Å². The number of pyridine rings is 1. The first-order valence-corrected chi connectivity index (χ1v) is 7.40. The Morgan fingerprint density at radius 2 is 2.00 bits per heavy atom. The van der Waals surface area contributed by atoms with E-state index in [2.05, 4.69) is 4.98 Å². The minimum atomic E-state index is -3.89. The summed E-state index contributed by atoms with van der Waals surface area (Å²) in [6.07, 6.45) is 1.19. The van der Waals surface area contributed by atoms with Gasteiger partial charge in [-0.1, -0.05) is 0 Å². The van der Waals surface area contributed by atoms with E-state index in [9.17, 15) is 18.0 Å². The van der Waals surface area contributed by atoms with Crippen molar-refractivity contribution in [2.24, 2.45) is 0 Å². The number of carboxylic acids is 1. The van der Waals surface area contributed by atoms with Gasteiger partial charge in [-0.3, -0.25) is 9.88 Å². The Kier molecular flexibility index (Phi) is 4.09. The molecule has 10 heteroatoms. The zero-order valence-electron chi connectivity index (χ0n) is 10.8. The van der Waals surface area contributed by atoms with Crippen molar-refractivity contribution in [3.05, 3.63) is 24.5 Å². The third-order valence-electron chi connectivity index (χ3n) is 3.15. The highest BCUT2D eigenvalue weighted by Crippen LogP contribution is 2.19. The number of aliphatic carboxylic acids is 1. The molecule has 2 heterocycles. The summed E-state index contributed by atoms with van der Waals surface area (Å²) in [5.41, 5.74) is 0. The second kappa shape index (κ2) is 5.66. The molecule has 0 aliphatic carbocycles. The number of amides is 1. The number of aromatic nitrogens is 1. The lowest BCUT2D eigenvalue weighted by atomic mass is 10.2. The molecule has 0 bridgehead atoms. The van der Waals surface area contributed by atoms with Crippen LogP contribution in [0.1, 0.15) is 0 Å². The summed E-state index contributed by atoms with van der Waals surface area (Å²) in [4.78, 5) is 26.5. The summed E-state index contributed by atoms with van der Waals surface area (Å²) < 4.78 is 25.7. The van der Waals surface area contributed by atoms with E-state index in [0.29, 0.717) is 0 Å². The van der Waals surface area contributed by atoms with Gasteiger partial charge >= 0.3 is 12.1 Å². The van der Waals surface area contributed by atoms with Crippen molar-refractivity contribution in [1.82, 2.24) is 14.2 Å². The van der Waals surface area contributed by atoms with Gasteiger partial charge in [0.15, 0.2) is 0 Å². The number of piperazine rings is 1. The number of sulfonamides is 1. The van der Waals surface area contributed by atoms with Gasteiger partial charge in [0.25, 0.3) is 0 Å². The molecule has 1 atom stereocenters. The smallest absolute Gasteiger partial charge is 0.408 e. The van der Waals surface area contributed by atoms with Gasteiger partial charge in [-0.05, 0) is 12.1 Å². The first-order chi connectivity index (χ1) is 9.84. The molecular formula is C11H13N3O6S. The lowest BCUT2D eigenvalue weighted by Gasteiger charge is -2.36. The van der Waals surface area contributed by atoms with E-state index in [4.69, 9.17) is 10.2 Å². The quantitative estimate of drug-likeness (QED) is 0.770. The number of hydrogen-bond acceptors (Lipinski definition) is 5. The van der Waals surface area contributed by atoms with E-state index in [1.165, 1.54) is 18.3 Å². The molecule has 2 rings (SSSR count). The van der Waals surface area contributed by atoms with E-state index in [1.54, 1.807) is 0 Å². The molecule has 2 N–H and O–H groups in total. The van der Waals surface area contributed by atoms with E-state index in [0.717, 1.165) is 15.4 Å². The lowest BCUT2D eigenvalue weighted by molar-refractivity contribution is -0.143. The Morgan fingerprint density at radius 1 is 1.29 bits per heavy atom. The Bertz CT molecular complexity index is 647. The number of carboxylic acid groups (broad SMARTS) is 2. The maximum Gasteiger partial charge on any atom is 0.408 e. The highest BCUT2D eigenvalue weighted by atomic mass is 32.2. The van der Waals surface area contributed by atoms with Crippen LogP contribution in [-0.2, 0) is 14.8 Å². The maximum atomic E-state index is 12.4. The number of nitrogens with zero attached hydrogens (tertiary/aromatic N) is 3. The number of rotatable bonds is 3. The summed E-state index contributed by atoms with van der Waals surface area (Å²) in [5, 5.41) is 18.0. The fourth-order valence-corrected chi connectivity index (χ4v) is 3.47. The third kappa shape index (κ3) is 2.95. The number of carbonyl (C=O) groups is 2. The second-order valence-corrected chi connectivity index (χ2v) is 6.32. The monoisotopic (exact) mass is 315 g/mol. The maximum absolute atomic E-state index is 12.4. The molecule has 1 aliphatic rings. The summed E-state index contributed by atoms with van der Waals surface area (Å²) in [7, 11) is -3.89. The minimum absolute atomic E-state index is 0.0575. The molecule has 0 unspecified atom stereocenters. The molecule has 1 amide bonds. The molecule has 1 aromatic rings. The van der Waals surface area contributed by atoms with Crippen LogP contribution in [0.15, 0.2) is 29.4 Å². The Balaban J connectivity index is 2.27. The number of hydrogen-bond donors (Lipinski definition) is 2. The van der Waals surface area contributed by atoms with E-state index < -0.39 is 34.7 Å². The van der Waals surface area contributed by atoms with Gasteiger partial charge < -0.3 is 10.2 Å². The van der Waals surface area contributed by atoms with Crippen molar-refractivity contribution >= 4 is 22.1 Å². The van der Waals surface area contributed by atoms with Crippen molar-refractivity contribution in [1.29, 1.82) is 0 Å². The average Bonchev–Trinajstić information content (AvgIpc) is 2.47. The molecule has 114 valence electrons. The molecule has 0 radical (unpaired) electrons. The van der Waals surface area contributed by atoms with Gasteiger partial charge in [0, 0.05) is 32.0 Å². The molecule has 9 nitrogen and oxygen atoms in total. The van der Waals surface area contributed by atoms with Crippen LogP contribution < -0.4 is 0 Å². The lowest BCUT2D eigenvalue weighted by Crippen LogP contribution is -2.59. The van der Waals surface area contributed by atoms with Crippen LogP contribution in [0.3, 0.4) is 0 Å². The normalized spacial score (nSPS) is 20.2. The minimum Gasteiger partial charge on any atom is -0.480 e. The predicted octanol–water partition coefficient (Wildman–Crippen LogP) is -0.481. The molecule has 1 fully saturated rings. The molecular weight excluding hydrogens is 302 g/mol. The zero-order valence-corrected chi connectivity index (χ0v) is 11.6. The summed E-state index contributed by atoms with van der Waals surface area (Å²) in [5.74, 6) is -1.39. The molecule has 1 aliphatic heterocycles. The van der Waals surface area contributed by atoms with Crippen LogP contribution in [0.5, 0.6) is 0 Å². The third-order valence-corrected chi connectivity index (χ3v) is 4.99. The fraction of sp³-hybridized carbons (Fsp3) is 0.364. The van der Waals surface area contributed by atoms with Crippen molar-refractivity contribution < 1.29 is 28.2 Å². The van der Waals surface area contributed by atoms with Crippen LogP contribution in [0.25, 0.3) is 0 Å². The van der Waals surface area contributed by atoms with Crippen molar-refractivity contribution in [3.8, 4) is 0 Å². The molecule has 1 saturated heterocycles. The summed E-state index contributed by atoms with van der Waals surface area (Å²) in [6, 6.07) is 1.37. The summed E-state index contributed by atoms with van der Waals surface area (Å²) >= 11 is 0. The first kappa shape index (κ1) is 15.2. The predicted molar refractivity (Wildman–Crippen MR) is 69.2 cm³/mol. The van der Waals surface area contributed by atoms with Gasteiger partial charge in [0.1, 0.15) is 10.9 Å². The van der Waals surface area contributed by atoms with E-state index in [-0.39, 0.29) is 18.0 Å². The van der Waals surface area contributed by atoms with Crippen LogP contribution in [-0.4, -0.2) is 70.6 Å². The van der Waals surface area contributed by atoms with Crippen molar-refractivity contribution in [2.45, 2.75) is 10.9 Å². The van der Waals surface area contributed by atoms with Crippen LogP contribution in [0.4, 0.5) is 4.79 Å². The van der Waals surface area contributed by atoms with Crippen LogP contribution in [0, 0.1) is 0 Å². The molecule has 0 saturated carbocycles. The van der Waals surface area contributed by atoms with Crippen molar-refractivity contribution in [2.75, 3.05) is 19.6 Å². The van der Waals surface area contributed by atoms with E-state index >= 15 is 0 Å². The highest BCUT2D eigenvalue weighted by Gasteiger charge is 2.39. The van der Waals surface area contributed by atoms with Crippen LogP contribution >= 0.6 is 0 Å². The Hall–Kier alpha value is -2.20. The molecule has 0 aromatic carbocycles. The van der Waals surface area contributed by atoms with Gasteiger partial charge in [-0.25, -0.2) is 18.0 Å². The topological polar surface area (TPSA) is 128 Å². The molecule has 21 heavy (non-hydrogen) atoms. The second-order valence-electron chi connectivity index (χ2n) is 4.38. The Labute approximate surface area is 120 Å². The van der Waals surface area contributed by atoms with Gasteiger partial charge in [0.2, 0.25) is 10.0 Å². The van der Waals surface area contributed by atoms with Gasteiger partial charge in [0.05, 0.1) is 0 Å². The standard InChI is InChI=1S/C11H13N3O6S/c15-10(16)9-7-13(4-5-14(9)11(17)18)21(19,20)8-2-1-3-12-6-8/h1-3,6,9H,4-5,7H2,(H,15,16)(H,17,18)/t9-/m1/s1.